The summed E-state index contributed by atoms with van der Waals surface area (Å²) >= 11 is 0. The molecule has 4 rings (SSSR count). The number of benzene rings is 2. The van der Waals surface area contributed by atoms with Crippen LogP contribution in [0.15, 0.2) is 72.9 Å². The van der Waals surface area contributed by atoms with Gasteiger partial charge >= 0.3 is 5.97 Å². The number of nitrogens with zero attached hydrogens (tertiary/aromatic N) is 2. The van der Waals surface area contributed by atoms with Gasteiger partial charge in [-0.2, -0.15) is 0 Å². The summed E-state index contributed by atoms with van der Waals surface area (Å²) in [5.74, 6) is -1.02. The predicted octanol–water partition coefficient (Wildman–Crippen LogP) is 5.20. The van der Waals surface area contributed by atoms with Gasteiger partial charge in [0.1, 0.15) is 0 Å². The Hall–Kier alpha value is -2.98. The van der Waals surface area contributed by atoms with Crippen LogP contribution in [0, 0.1) is 5.92 Å². The largest absolute Gasteiger partial charge is 0.481 e. The lowest BCUT2D eigenvalue weighted by Gasteiger charge is -2.37. The van der Waals surface area contributed by atoms with E-state index in [2.05, 4.69) is 60.4 Å². The monoisotopic (exact) mass is 400 g/mol. The Morgan fingerprint density at radius 1 is 1.07 bits per heavy atom. The summed E-state index contributed by atoms with van der Waals surface area (Å²) in [7, 11) is 0. The van der Waals surface area contributed by atoms with E-state index in [-0.39, 0.29) is 12.0 Å². The molecule has 0 saturated carbocycles. The van der Waals surface area contributed by atoms with Gasteiger partial charge in [-0.15, -0.1) is 0 Å². The summed E-state index contributed by atoms with van der Waals surface area (Å²) in [6, 6.07) is 23.1. The summed E-state index contributed by atoms with van der Waals surface area (Å²) in [5.41, 5.74) is 5.70. The summed E-state index contributed by atoms with van der Waals surface area (Å²) in [5, 5.41) is 9.57. The molecule has 0 spiro atoms. The average molecular weight is 401 g/mol. The second-order valence-electron chi connectivity index (χ2n) is 8.01. The maximum Gasteiger partial charge on any atom is 0.307 e. The van der Waals surface area contributed by atoms with Crippen molar-refractivity contribution in [1.82, 2.24) is 9.88 Å². The number of aryl methyl sites for hydroxylation is 1. The number of likely N-dealkylation sites (tertiary alicyclic amines) is 1. The van der Waals surface area contributed by atoms with E-state index in [1.54, 1.807) is 0 Å². The summed E-state index contributed by atoms with van der Waals surface area (Å²) in [6.45, 7) is 3.56. The van der Waals surface area contributed by atoms with Crippen molar-refractivity contribution in [2.45, 2.75) is 32.2 Å². The molecule has 1 aromatic heterocycles. The van der Waals surface area contributed by atoms with E-state index in [1.165, 1.54) is 16.7 Å². The second kappa shape index (κ2) is 9.23. The molecule has 4 nitrogen and oxygen atoms in total. The smallest absolute Gasteiger partial charge is 0.307 e. The molecule has 1 aliphatic heterocycles. The van der Waals surface area contributed by atoms with E-state index in [0.717, 1.165) is 37.1 Å². The lowest BCUT2D eigenvalue weighted by atomic mass is 9.92. The van der Waals surface area contributed by atoms with E-state index >= 15 is 0 Å². The van der Waals surface area contributed by atoms with Crippen LogP contribution in [0.4, 0.5) is 0 Å². The highest BCUT2D eigenvalue weighted by molar-refractivity contribution is 5.70. The summed E-state index contributed by atoms with van der Waals surface area (Å²) < 4.78 is 0. The maximum atomic E-state index is 11.6. The third-order valence-electron chi connectivity index (χ3n) is 6.04. The molecule has 1 fully saturated rings. The second-order valence-corrected chi connectivity index (χ2v) is 8.01. The number of aliphatic carboxylic acids is 1. The molecular formula is C26H28N2O2. The number of aromatic nitrogens is 1. The van der Waals surface area contributed by atoms with E-state index < -0.39 is 5.97 Å². The first-order valence-electron chi connectivity index (χ1n) is 10.7. The third kappa shape index (κ3) is 4.44. The van der Waals surface area contributed by atoms with Gasteiger partial charge in [0, 0.05) is 12.7 Å². The van der Waals surface area contributed by atoms with Crippen LogP contribution >= 0.6 is 0 Å². The first-order valence-corrected chi connectivity index (χ1v) is 10.7. The van der Waals surface area contributed by atoms with E-state index in [4.69, 9.17) is 4.98 Å². The van der Waals surface area contributed by atoms with Crippen LogP contribution in [0.2, 0.25) is 0 Å². The van der Waals surface area contributed by atoms with Gasteiger partial charge in [-0.05, 0) is 54.1 Å². The zero-order chi connectivity index (χ0) is 20.9. The Morgan fingerprint density at radius 2 is 1.80 bits per heavy atom. The molecule has 2 unspecified atom stereocenters. The van der Waals surface area contributed by atoms with Crippen molar-refractivity contribution >= 4 is 5.97 Å². The highest BCUT2D eigenvalue weighted by Gasteiger charge is 2.31. The van der Waals surface area contributed by atoms with Crippen LogP contribution < -0.4 is 0 Å². The Morgan fingerprint density at radius 3 is 2.43 bits per heavy atom. The van der Waals surface area contributed by atoms with Crippen molar-refractivity contribution in [1.29, 1.82) is 0 Å². The average Bonchev–Trinajstić information content (AvgIpc) is 2.81. The highest BCUT2D eigenvalue weighted by Crippen LogP contribution is 2.33. The minimum Gasteiger partial charge on any atom is -0.481 e. The molecule has 0 radical (unpaired) electrons. The summed E-state index contributed by atoms with van der Waals surface area (Å²) in [6.07, 6.45) is 4.53. The molecule has 30 heavy (non-hydrogen) atoms. The van der Waals surface area contributed by atoms with Crippen LogP contribution in [0.5, 0.6) is 0 Å². The van der Waals surface area contributed by atoms with E-state index in [9.17, 15) is 9.90 Å². The molecule has 2 heterocycles. The van der Waals surface area contributed by atoms with Crippen molar-refractivity contribution in [3.63, 3.8) is 0 Å². The van der Waals surface area contributed by atoms with Crippen LogP contribution in [0.3, 0.4) is 0 Å². The van der Waals surface area contributed by atoms with E-state index in [0.29, 0.717) is 6.54 Å². The van der Waals surface area contributed by atoms with Gasteiger partial charge in [-0.25, -0.2) is 0 Å². The minimum absolute atomic E-state index is 0.0390. The molecule has 2 atom stereocenters. The van der Waals surface area contributed by atoms with Gasteiger partial charge in [0.2, 0.25) is 0 Å². The predicted molar refractivity (Wildman–Crippen MR) is 119 cm³/mol. The van der Waals surface area contributed by atoms with Crippen molar-refractivity contribution < 1.29 is 9.90 Å². The number of carboxylic acid groups (broad SMARTS) is 1. The molecule has 3 aromatic rings. The number of hydrogen-bond donors (Lipinski definition) is 1. The van der Waals surface area contributed by atoms with Gasteiger partial charge < -0.3 is 5.11 Å². The van der Waals surface area contributed by atoms with Crippen molar-refractivity contribution in [3.05, 3.63) is 89.7 Å². The molecule has 2 aromatic carbocycles. The van der Waals surface area contributed by atoms with E-state index in [1.807, 2.05) is 24.4 Å². The van der Waals surface area contributed by atoms with Crippen LogP contribution in [0.25, 0.3) is 11.1 Å². The Balaban J connectivity index is 1.68. The first kappa shape index (κ1) is 20.3. The number of pyridine rings is 1. The Labute approximate surface area is 178 Å². The first-order chi connectivity index (χ1) is 14.7. The fourth-order valence-corrected chi connectivity index (χ4v) is 4.31. The molecule has 1 N–H and O–H groups in total. The topological polar surface area (TPSA) is 53.4 Å². The van der Waals surface area contributed by atoms with Gasteiger partial charge in [0.25, 0.3) is 0 Å². The normalized spacial score (nSPS) is 18.1. The molecule has 1 saturated heterocycles. The maximum absolute atomic E-state index is 11.6. The fraction of sp³-hybridized carbons (Fsp3) is 0.308. The number of rotatable bonds is 6. The highest BCUT2D eigenvalue weighted by atomic mass is 16.4. The molecule has 0 bridgehead atoms. The summed E-state index contributed by atoms with van der Waals surface area (Å²) in [4.78, 5) is 18.7. The lowest BCUT2D eigenvalue weighted by molar-refractivity contribution is -0.143. The Bertz CT molecular complexity index is 968. The standard InChI is InChI=1S/C26H28N2O2/c1-2-19-10-15-24(27-17-19)25(28-16-6-9-23(18-28)26(29)30)22-13-11-21(12-14-22)20-7-4-3-5-8-20/h3-5,7-8,10-15,17,23,25H,2,6,9,16,18H2,1H3,(H,29,30). The molecule has 1 aliphatic rings. The van der Waals surface area contributed by atoms with Crippen LogP contribution in [-0.2, 0) is 11.2 Å². The molecular weight excluding hydrogens is 372 g/mol. The minimum atomic E-state index is -0.702. The van der Waals surface area contributed by atoms with Crippen molar-refractivity contribution in [2.24, 2.45) is 5.92 Å². The lowest BCUT2D eigenvalue weighted by Crippen LogP contribution is -2.41. The third-order valence-corrected chi connectivity index (χ3v) is 6.04. The zero-order valence-electron chi connectivity index (χ0n) is 17.4. The molecule has 0 amide bonds. The quantitative estimate of drug-likeness (QED) is 0.618. The number of hydrogen-bond acceptors (Lipinski definition) is 3. The number of carbonyl (C=O) groups is 1. The molecule has 154 valence electrons. The zero-order valence-corrected chi connectivity index (χ0v) is 17.4. The number of piperidine rings is 1. The van der Waals surface area contributed by atoms with Crippen LogP contribution in [0.1, 0.15) is 42.6 Å². The molecule has 4 heteroatoms. The Kier molecular flexibility index (Phi) is 6.24. The van der Waals surface area contributed by atoms with Gasteiger partial charge in [0.05, 0.1) is 17.7 Å². The van der Waals surface area contributed by atoms with Gasteiger partial charge in [-0.1, -0.05) is 67.6 Å². The van der Waals surface area contributed by atoms with Crippen molar-refractivity contribution in [2.75, 3.05) is 13.1 Å². The molecule has 0 aliphatic carbocycles. The van der Waals surface area contributed by atoms with Gasteiger partial charge in [-0.3, -0.25) is 14.7 Å². The number of carboxylic acids is 1. The SMILES string of the molecule is CCc1ccc(C(c2ccc(-c3ccccc3)cc2)N2CCCC(C(=O)O)C2)nc1. The van der Waals surface area contributed by atoms with Crippen molar-refractivity contribution in [3.8, 4) is 11.1 Å². The fourth-order valence-electron chi connectivity index (χ4n) is 4.31. The van der Waals surface area contributed by atoms with Gasteiger partial charge in [0.15, 0.2) is 0 Å². The van der Waals surface area contributed by atoms with Crippen LogP contribution in [-0.4, -0.2) is 34.0 Å².